The van der Waals surface area contributed by atoms with Crippen LogP contribution >= 0.6 is 0 Å². The Morgan fingerprint density at radius 2 is 1.87 bits per heavy atom. The van der Waals surface area contributed by atoms with Crippen LogP contribution in [0.25, 0.3) is 0 Å². The summed E-state index contributed by atoms with van der Waals surface area (Å²) in [6.07, 6.45) is 5.83. The van der Waals surface area contributed by atoms with Crippen molar-refractivity contribution < 1.29 is 9.21 Å². The third-order valence-electron chi connectivity index (χ3n) is 6.07. The zero-order valence-corrected chi connectivity index (χ0v) is 16.6. The Labute approximate surface area is 174 Å². The molecule has 30 heavy (non-hydrogen) atoms. The molecule has 9 heteroatoms. The van der Waals surface area contributed by atoms with Gasteiger partial charge in [-0.3, -0.25) is 4.90 Å². The van der Waals surface area contributed by atoms with Crippen LogP contribution in [0.1, 0.15) is 37.3 Å². The average molecular weight is 407 g/mol. The third-order valence-corrected chi connectivity index (χ3v) is 6.07. The van der Waals surface area contributed by atoms with Crippen LogP contribution in [0.2, 0.25) is 0 Å². The molecule has 0 saturated carbocycles. The normalized spacial score (nSPS) is 23.4. The lowest BCUT2D eigenvalue weighted by atomic mass is 9.97. The molecule has 5 rings (SSSR count). The molecule has 4 heterocycles. The highest BCUT2D eigenvalue weighted by Gasteiger charge is 2.41. The van der Waals surface area contributed by atoms with Crippen molar-refractivity contribution in [3.05, 3.63) is 60.3 Å². The molecule has 1 unspecified atom stereocenters. The number of furan rings is 1. The average Bonchev–Trinajstić information content (AvgIpc) is 3.46. The molecule has 0 aliphatic carbocycles. The zero-order valence-electron chi connectivity index (χ0n) is 16.6. The molecule has 1 aromatic carbocycles. The van der Waals surface area contributed by atoms with E-state index in [1.165, 1.54) is 0 Å². The molecule has 3 aromatic rings. The van der Waals surface area contributed by atoms with Gasteiger partial charge in [0.2, 0.25) is 0 Å². The summed E-state index contributed by atoms with van der Waals surface area (Å²) in [6, 6.07) is 14.2. The van der Waals surface area contributed by atoms with Gasteiger partial charge in [-0.05, 0) is 60.4 Å². The van der Waals surface area contributed by atoms with E-state index in [0.717, 1.165) is 43.0 Å². The van der Waals surface area contributed by atoms with E-state index in [9.17, 15) is 4.79 Å². The predicted molar refractivity (Wildman–Crippen MR) is 110 cm³/mol. The van der Waals surface area contributed by atoms with Gasteiger partial charge in [0.1, 0.15) is 12.3 Å². The fourth-order valence-electron chi connectivity index (χ4n) is 4.70. The Morgan fingerprint density at radius 3 is 2.60 bits per heavy atom. The van der Waals surface area contributed by atoms with Gasteiger partial charge in [-0.2, -0.15) is 0 Å². The van der Waals surface area contributed by atoms with Crippen molar-refractivity contribution in [1.29, 1.82) is 0 Å². The number of rotatable bonds is 6. The van der Waals surface area contributed by atoms with E-state index in [1.807, 2.05) is 42.5 Å². The van der Waals surface area contributed by atoms with Crippen LogP contribution in [-0.4, -0.2) is 49.3 Å². The number of tetrazole rings is 1. The van der Waals surface area contributed by atoms with E-state index < -0.39 is 0 Å². The molecular weight excluding hydrogens is 382 g/mol. The van der Waals surface area contributed by atoms with E-state index >= 15 is 0 Å². The van der Waals surface area contributed by atoms with E-state index in [1.54, 1.807) is 10.9 Å². The molecule has 2 N–H and O–H groups in total. The van der Waals surface area contributed by atoms with Gasteiger partial charge in [-0.25, -0.2) is 9.48 Å². The Kier molecular flexibility index (Phi) is 5.18. The smallest absolute Gasteiger partial charge is 0.319 e. The minimum absolute atomic E-state index is 0.138. The number of fused-ring (bicyclic) bond motifs is 2. The first-order valence-corrected chi connectivity index (χ1v) is 10.4. The number of nitrogens with one attached hydrogen (secondary N) is 2. The van der Waals surface area contributed by atoms with Gasteiger partial charge in [0.05, 0.1) is 12.8 Å². The SMILES string of the molecule is O=C(Nc1ccccc1)NC1C[C@H]2CC[C@@H](C1)N2Cc1nnnn1Cc1ccco1. The molecular formula is C21H25N7O2. The van der Waals surface area contributed by atoms with Crippen LogP contribution in [0.4, 0.5) is 10.5 Å². The number of nitrogens with zero attached hydrogens (tertiary/aromatic N) is 5. The van der Waals surface area contributed by atoms with Crippen LogP contribution in [0.5, 0.6) is 0 Å². The third kappa shape index (κ3) is 4.06. The van der Waals surface area contributed by atoms with Crippen molar-refractivity contribution in [2.24, 2.45) is 0 Å². The Balaban J connectivity index is 1.18. The molecule has 0 radical (unpaired) electrons. The number of para-hydroxylation sites is 1. The quantitative estimate of drug-likeness (QED) is 0.651. The number of hydrogen-bond acceptors (Lipinski definition) is 6. The fraction of sp³-hybridized carbons (Fsp3) is 0.429. The van der Waals surface area contributed by atoms with Crippen molar-refractivity contribution in [1.82, 2.24) is 30.4 Å². The summed E-state index contributed by atoms with van der Waals surface area (Å²) in [7, 11) is 0. The highest BCUT2D eigenvalue weighted by Crippen LogP contribution is 2.36. The highest BCUT2D eigenvalue weighted by molar-refractivity contribution is 5.89. The molecule has 2 saturated heterocycles. The number of carbonyl (C=O) groups is 1. The van der Waals surface area contributed by atoms with Crippen molar-refractivity contribution >= 4 is 11.7 Å². The summed E-state index contributed by atoms with van der Waals surface area (Å²) in [5, 5.41) is 18.3. The predicted octanol–water partition coefficient (Wildman–Crippen LogP) is 2.63. The van der Waals surface area contributed by atoms with E-state index in [4.69, 9.17) is 4.42 Å². The molecule has 3 atom stereocenters. The molecule has 2 amide bonds. The van der Waals surface area contributed by atoms with Crippen molar-refractivity contribution in [3.63, 3.8) is 0 Å². The highest BCUT2D eigenvalue weighted by atomic mass is 16.3. The lowest BCUT2D eigenvalue weighted by molar-refractivity contribution is 0.107. The maximum atomic E-state index is 12.4. The second-order valence-electron chi connectivity index (χ2n) is 8.02. The number of benzene rings is 1. The molecule has 2 aromatic heterocycles. The van der Waals surface area contributed by atoms with E-state index in [2.05, 4.69) is 31.1 Å². The van der Waals surface area contributed by atoms with Crippen molar-refractivity contribution in [3.8, 4) is 0 Å². The minimum Gasteiger partial charge on any atom is -0.467 e. The topological polar surface area (TPSA) is 101 Å². The van der Waals surface area contributed by atoms with Gasteiger partial charge in [0.25, 0.3) is 0 Å². The first-order valence-electron chi connectivity index (χ1n) is 10.4. The first-order chi connectivity index (χ1) is 14.7. The molecule has 156 valence electrons. The lowest BCUT2D eigenvalue weighted by Gasteiger charge is -2.38. The molecule has 2 aliphatic rings. The number of urea groups is 1. The van der Waals surface area contributed by atoms with Gasteiger partial charge < -0.3 is 15.1 Å². The summed E-state index contributed by atoms with van der Waals surface area (Å²) in [4.78, 5) is 14.9. The summed E-state index contributed by atoms with van der Waals surface area (Å²) in [5.74, 6) is 1.68. The molecule has 2 aliphatic heterocycles. The number of aromatic nitrogens is 4. The number of anilines is 1. The Hall–Kier alpha value is -3.20. The van der Waals surface area contributed by atoms with Crippen molar-refractivity contribution in [2.45, 2.75) is 56.9 Å². The summed E-state index contributed by atoms with van der Waals surface area (Å²) < 4.78 is 7.23. The molecule has 9 nitrogen and oxygen atoms in total. The lowest BCUT2D eigenvalue weighted by Crippen LogP contribution is -2.51. The monoisotopic (exact) mass is 407 g/mol. The van der Waals surface area contributed by atoms with E-state index in [0.29, 0.717) is 25.2 Å². The van der Waals surface area contributed by atoms with Gasteiger partial charge in [-0.15, -0.1) is 5.10 Å². The van der Waals surface area contributed by atoms with Crippen LogP contribution in [0, 0.1) is 0 Å². The molecule has 0 spiro atoms. The fourth-order valence-corrected chi connectivity index (χ4v) is 4.70. The largest absolute Gasteiger partial charge is 0.467 e. The number of carbonyl (C=O) groups excluding carboxylic acids is 1. The second-order valence-corrected chi connectivity index (χ2v) is 8.02. The second kappa shape index (κ2) is 8.27. The summed E-state index contributed by atoms with van der Waals surface area (Å²) in [6.45, 7) is 1.24. The maximum Gasteiger partial charge on any atom is 0.319 e. The van der Waals surface area contributed by atoms with Gasteiger partial charge in [-0.1, -0.05) is 18.2 Å². The van der Waals surface area contributed by atoms with Crippen LogP contribution in [0.15, 0.2) is 53.1 Å². The zero-order chi connectivity index (χ0) is 20.3. The van der Waals surface area contributed by atoms with Gasteiger partial charge >= 0.3 is 6.03 Å². The first kappa shape index (κ1) is 18.8. The number of amides is 2. The number of piperidine rings is 1. The van der Waals surface area contributed by atoms with Crippen LogP contribution in [0.3, 0.4) is 0 Å². The van der Waals surface area contributed by atoms with Crippen LogP contribution < -0.4 is 10.6 Å². The molecule has 2 bridgehead atoms. The van der Waals surface area contributed by atoms with E-state index in [-0.39, 0.29) is 12.1 Å². The van der Waals surface area contributed by atoms with Crippen molar-refractivity contribution in [2.75, 3.05) is 5.32 Å². The number of hydrogen-bond donors (Lipinski definition) is 2. The summed E-state index contributed by atoms with van der Waals surface area (Å²) in [5.41, 5.74) is 0.804. The maximum absolute atomic E-state index is 12.4. The van der Waals surface area contributed by atoms with Gasteiger partial charge in [0, 0.05) is 23.8 Å². The Morgan fingerprint density at radius 1 is 1.07 bits per heavy atom. The standard InChI is InChI=1S/C21H25N7O2/c29-21(22-15-5-2-1-3-6-15)23-16-11-17-8-9-18(12-16)27(17)14-20-24-25-26-28(20)13-19-7-4-10-30-19/h1-7,10,16-18H,8-9,11-14H2,(H2,22,23,29)/t16?,17-,18+. The summed E-state index contributed by atoms with van der Waals surface area (Å²) >= 11 is 0. The van der Waals surface area contributed by atoms with Crippen LogP contribution in [-0.2, 0) is 13.1 Å². The van der Waals surface area contributed by atoms with Gasteiger partial charge in [0.15, 0.2) is 5.82 Å². The Bertz CT molecular complexity index is 958. The minimum atomic E-state index is -0.138. The molecule has 2 fully saturated rings.